The van der Waals surface area contributed by atoms with Crippen molar-refractivity contribution in [2.24, 2.45) is 0 Å². The summed E-state index contributed by atoms with van der Waals surface area (Å²) in [5, 5.41) is 9.62. The Morgan fingerprint density at radius 3 is 2.28 bits per heavy atom. The topological polar surface area (TPSA) is 53.2 Å². The van der Waals surface area contributed by atoms with Gasteiger partial charge in [-0.3, -0.25) is 4.79 Å². The Morgan fingerprint density at radius 2 is 1.52 bits per heavy atom. The molecule has 0 bridgehead atoms. The maximum Gasteiger partial charge on any atom is 0.237 e. The lowest BCUT2D eigenvalue weighted by molar-refractivity contribution is -0.115. The quantitative estimate of drug-likeness (QED) is 0.340. The van der Waals surface area contributed by atoms with E-state index in [4.69, 9.17) is 12.2 Å². The Labute approximate surface area is 181 Å². The summed E-state index contributed by atoms with van der Waals surface area (Å²) in [6, 6.07) is 25.4. The third-order valence-electron chi connectivity index (χ3n) is 4.21. The van der Waals surface area contributed by atoms with Gasteiger partial charge in [0.15, 0.2) is 5.11 Å². The van der Waals surface area contributed by atoms with Gasteiger partial charge in [0.05, 0.1) is 5.25 Å². The lowest BCUT2D eigenvalue weighted by Crippen LogP contribution is -2.22. The molecule has 0 aliphatic rings. The van der Waals surface area contributed by atoms with Gasteiger partial charge in [-0.05, 0) is 68.0 Å². The molecule has 0 saturated heterocycles. The lowest BCUT2D eigenvalue weighted by atomic mass is 10.2. The monoisotopic (exact) mass is 421 g/mol. The van der Waals surface area contributed by atoms with Crippen LogP contribution in [0.4, 0.5) is 17.1 Å². The second-order valence-corrected chi connectivity index (χ2v) is 8.36. The maximum atomic E-state index is 12.6. The van der Waals surface area contributed by atoms with Gasteiger partial charge in [-0.25, -0.2) is 0 Å². The van der Waals surface area contributed by atoms with Crippen molar-refractivity contribution in [2.75, 3.05) is 16.0 Å². The highest BCUT2D eigenvalue weighted by Crippen LogP contribution is 2.27. The van der Waals surface area contributed by atoms with Crippen LogP contribution >= 0.6 is 24.0 Å². The number of rotatable bonds is 6. The zero-order chi connectivity index (χ0) is 20.6. The SMILES string of the molecule is Cc1ccccc1NC(=O)C(C)Sc1cccc(NC(=S)Nc2ccccc2)c1. The van der Waals surface area contributed by atoms with Gasteiger partial charge in [0.2, 0.25) is 5.91 Å². The molecule has 3 rings (SSSR count). The highest BCUT2D eigenvalue weighted by atomic mass is 32.2. The molecule has 0 fully saturated rings. The van der Waals surface area contributed by atoms with E-state index in [0.29, 0.717) is 5.11 Å². The van der Waals surface area contributed by atoms with Crippen molar-refractivity contribution >= 4 is 52.1 Å². The molecule has 1 amide bonds. The number of amides is 1. The predicted molar refractivity (Wildman–Crippen MR) is 128 cm³/mol. The zero-order valence-electron chi connectivity index (χ0n) is 16.3. The number of anilines is 3. The van der Waals surface area contributed by atoms with Crippen LogP contribution in [0.2, 0.25) is 0 Å². The molecule has 29 heavy (non-hydrogen) atoms. The van der Waals surface area contributed by atoms with Gasteiger partial charge in [-0.2, -0.15) is 0 Å². The molecule has 0 radical (unpaired) electrons. The minimum absolute atomic E-state index is 0.0241. The van der Waals surface area contributed by atoms with Gasteiger partial charge >= 0.3 is 0 Å². The molecule has 0 spiro atoms. The number of benzene rings is 3. The number of hydrogen-bond donors (Lipinski definition) is 3. The molecule has 4 nitrogen and oxygen atoms in total. The highest BCUT2D eigenvalue weighted by molar-refractivity contribution is 8.00. The predicted octanol–water partition coefficient (Wildman–Crippen LogP) is 5.92. The molecule has 0 saturated carbocycles. The summed E-state index contributed by atoms with van der Waals surface area (Å²) >= 11 is 6.89. The lowest BCUT2D eigenvalue weighted by Gasteiger charge is -2.15. The number of carbonyl (C=O) groups excluding carboxylic acids is 1. The average Bonchev–Trinajstić information content (AvgIpc) is 2.70. The molecule has 0 aromatic heterocycles. The first-order chi connectivity index (χ1) is 14.0. The van der Waals surface area contributed by atoms with E-state index in [9.17, 15) is 4.79 Å². The number of aryl methyl sites for hydroxylation is 1. The van der Waals surface area contributed by atoms with Gasteiger partial charge < -0.3 is 16.0 Å². The zero-order valence-corrected chi connectivity index (χ0v) is 17.9. The molecule has 0 aliphatic carbocycles. The van der Waals surface area contributed by atoms with Crippen LogP contribution in [0.25, 0.3) is 0 Å². The maximum absolute atomic E-state index is 12.6. The number of nitrogens with one attached hydrogen (secondary N) is 3. The molecule has 6 heteroatoms. The molecule has 3 aromatic rings. The second-order valence-electron chi connectivity index (χ2n) is 6.54. The van der Waals surface area contributed by atoms with E-state index >= 15 is 0 Å². The van der Waals surface area contributed by atoms with Gasteiger partial charge in [0, 0.05) is 22.0 Å². The summed E-state index contributed by atoms with van der Waals surface area (Å²) in [5.41, 5.74) is 3.69. The minimum atomic E-state index is -0.237. The molecule has 1 unspecified atom stereocenters. The first-order valence-corrected chi connectivity index (χ1v) is 10.6. The number of thioether (sulfide) groups is 1. The summed E-state index contributed by atoms with van der Waals surface area (Å²) in [5.74, 6) is -0.0241. The van der Waals surface area contributed by atoms with Crippen LogP contribution in [-0.4, -0.2) is 16.3 Å². The molecule has 3 aromatic carbocycles. The first-order valence-electron chi connectivity index (χ1n) is 9.27. The van der Waals surface area contributed by atoms with E-state index in [2.05, 4.69) is 16.0 Å². The van der Waals surface area contributed by atoms with Crippen LogP contribution in [0.5, 0.6) is 0 Å². The Bertz CT molecular complexity index is 992. The van der Waals surface area contributed by atoms with Gasteiger partial charge in [0.1, 0.15) is 0 Å². The molecular formula is C23H23N3OS2. The van der Waals surface area contributed by atoms with E-state index < -0.39 is 0 Å². The van der Waals surface area contributed by atoms with Crippen LogP contribution in [0.3, 0.4) is 0 Å². The van der Waals surface area contributed by atoms with Crippen molar-refractivity contribution < 1.29 is 4.79 Å². The smallest absolute Gasteiger partial charge is 0.237 e. The standard InChI is InChI=1S/C23H23N3OS2/c1-16-9-6-7-14-21(16)26-22(27)17(2)29-20-13-8-12-19(15-20)25-23(28)24-18-10-4-3-5-11-18/h3-15,17H,1-2H3,(H,26,27)(H2,24,25,28). The fourth-order valence-electron chi connectivity index (χ4n) is 2.67. The highest BCUT2D eigenvalue weighted by Gasteiger charge is 2.15. The summed E-state index contributed by atoms with van der Waals surface area (Å²) in [6.07, 6.45) is 0. The van der Waals surface area contributed by atoms with Gasteiger partial charge in [-0.15, -0.1) is 11.8 Å². The van der Waals surface area contributed by atoms with Gasteiger partial charge in [-0.1, -0.05) is 42.5 Å². The number of thiocarbonyl (C=S) groups is 1. The third kappa shape index (κ3) is 6.34. The van der Waals surface area contributed by atoms with Crippen molar-refractivity contribution in [3.63, 3.8) is 0 Å². The van der Waals surface area contributed by atoms with Crippen LogP contribution in [-0.2, 0) is 4.79 Å². The van der Waals surface area contributed by atoms with Crippen LogP contribution in [0.15, 0.2) is 83.8 Å². The largest absolute Gasteiger partial charge is 0.332 e. The van der Waals surface area contributed by atoms with E-state index in [1.807, 2.05) is 92.7 Å². The van der Waals surface area contributed by atoms with Crippen molar-refractivity contribution in [1.82, 2.24) is 0 Å². The van der Waals surface area contributed by atoms with E-state index in [1.165, 1.54) is 11.8 Å². The molecule has 3 N–H and O–H groups in total. The molecular weight excluding hydrogens is 398 g/mol. The Hall–Kier alpha value is -2.83. The summed E-state index contributed by atoms with van der Waals surface area (Å²) in [7, 11) is 0. The Morgan fingerprint density at radius 1 is 0.862 bits per heavy atom. The fraction of sp³-hybridized carbons (Fsp3) is 0.130. The van der Waals surface area contributed by atoms with Crippen molar-refractivity contribution in [1.29, 1.82) is 0 Å². The van der Waals surface area contributed by atoms with Crippen LogP contribution in [0.1, 0.15) is 12.5 Å². The Balaban J connectivity index is 1.58. The molecule has 148 valence electrons. The third-order valence-corrected chi connectivity index (χ3v) is 5.51. The van der Waals surface area contributed by atoms with Crippen molar-refractivity contribution in [3.8, 4) is 0 Å². The van der Waals surface area contributed by atoms with E-state index in [1.54, 1.807) is 0 Å². The first kappa shape index (κ1) is 20.9. The van der Waals surface area contributed by atoms with Crippen LogP contribution < -0.4 is 16.0 Å². The summed E-state index contributed by atoms with van der Waals surface area (Å²) in [6.45, 7) is 3.88. The normalized spacial score (nSPS) is 11.4. The van der Waals surface area contributed by atoms with Crippen molar-refractivity contribution in [3.05, 3.63) is 84.4 Å². The van der Waals surface area contributed by atoms with Crippen molar-refractivity contribution in [2.45, 2.75) is 24.0 Å². The second kappa shape index (κ2) is 10.1. The number of para-hydroxylation sites is 2. The molecule has 0 heterocycles. The molecule has 1 atom stereocenters. The van der Waals surface area contributed by atoms with Gasteiger partial charge in [0.25, 0.3) is 0 Å². The molecule has 0 aliphatic heterocycles. The number of hydrogen-bond acceptors (Lipinski definition) is 3. The fourth-order valence-corrected chi connectivity index (χ4v) is 3.83. The Kier molecular flexibility index (Phi) is 7.27. The van der Waals surface area contributed by atoms with E-state index in [-0.39, 0.29) is 11.2 Å². The number of carbonyl (C=O) groups is 1. The van der Waals surface area contributed by atoms with Crippen LogP contribution in [0, 0.1) is 6.92 Å². The summed E-state index contributed by atoms with van der Waals surface area (Å²) in [4.78, 5) is 13.5. The van der Waals surface area contributed by atoms with E-state index in [0.717, 1.165) is 27.5 Å². The minimum Gasteiger partial charge on any atom is -0.332 e. The average molecular weight is 422 g/mol. The summed E-state index contributed by atoms with van der Waals surface area (Å²) < 4.78 is 0.